The minimum absolute atomic E-state index is 0.0732. The zero-order valence-corrected chi connectivity index (χ0v) is 43.1. The summed E-state index contributed by atoms with van der Waals surface area (Å²) < 4.78 is 0. The van der Waals surface area contributed by atoms with Gasteiger partial charge < -0.3 is 0 Å². The molecule has 0 N–H and O–H groups in total. The lowest BCUT2D eigenvalue weighted by molar-refractivity contribution is 0.365. The first-order valence-corrected chi connectivity index (χ1v) is 27.1. The van der Waals surface area contributed by atoms with Crippen molar-refractivity contribution in [2.24, 2.45) is 0 Å². The van der Waals surface area contributed by atoms with Crippen LogP contribution in [0.2, 0.25) is 0 Å². The first kappa shape index (κ1) is 46.7. The summed E-state index contributed by atoms with van der Waals surface area (Å²) in [5.41, 5.74) is 26.0. The first-order chi connectivity index (χ1) is 38.8. The highest BCUT2D eigenvalue weighted by Crippen LogP contribution is 2.61. The summed E-state index contributed by atoms with van der Waals surface area (Å²) in [5, 5.41) is 5.09. The Morgan fingerprint density at radius 2 is 0.526 bits per heavy atom. The van der Waals surface area contributed by atoms with Crippen molar-refractivity contribution in [2.45, 2.75) is 12.2 Å². The second-order valence-corrected chi connectivity index (χ2v) is 20.3. The van der Waals surface area contributed by atoms with E-state index in [4.69, 9.17) is 0 Å². The molecule has 0 spiro atoms. The molecule has 0 amide bonds. The third kappa shape index (κ3) is 8.46. The van der Waals surface area contributed by atoms with E-state index in [0.29, 0.717) is 0 Å². The van der Waals surface area contributed by atoms with Crippen molar-refractivity contribution >= 4 is 5.70 Å². The quantitative estimate of drug-likeness (QED) is 0.113. The predicted octanol–water partition coefficient (Wildman–Crippen LogP) is 20.0. The maximum Gasteiger partial charge on any atom is 0.141 e. The van der Waals surface area contributed by atoms with Crippen molar-refractivity contribution in [1.82, 2.24) is 10.0 Å². The van der Waals surface area contributed by atoms with Gasteiger partial charge in [-0.1, -0.05) is 291 Å². The van der Waals surface area contributed by atoms with E-state index >= 15 is 0 Å². The van der Waals surface area contributed by atoms with Crippen LogP contribution in [0.15, 0.2) is 315 Å². The first-order valence-electron chi connectivity index (χ1n) is 27.1. The van der Waals surface area contributed by atoms with Crippen molar-refractivity contribution in [3.8, 4) is 100 Å². The van der Waals surface area contributed by atoms with Crippen LogP contribution >= 0.6 is 0 Å². The Kier molecular flexibility index (Phi) is 12.2. The van der Waals surface area contributed by atoms with Crippen LogP contribution in [0.5, 0.6) is 0 Å². The normalized spacial score (nSPS) is 15.4. The monoisotopic (exact) mass is 994 g/mol. The highest BCUT2D eigenvalue weighted by atomic mass is 15.9. The Balaban J connectivity index is 1.16. The fourth-order valence-electron chi connectivity index (χ4n) is 12.2. The number of fused-ring (bicyclic) bond motifs is 1. The van der Waals surface area contributed by atoms with Crippen LogP contribution < -0.4 is 0 Å². The Morgan fingerprint density at radius 1 is 0.218 bits per heavy atom. The number of benzene rings is 12. The SMILES string of the molecule is C1=C(c2ccccc2)N2C(c3ccccc3)[N@@]2C1c1cc(-c2cccc(-c3ccccc3)c2-c2ccccc2)cc(-c2c(-c3ccccc3)c(-c3ccccc3)c(-c3ccccc3)c(-c3ccccc3)c2-c2ccccc2)c1. The van der Waals surface area contributed by atoms with E-state index in [1.165, 1.54) is 83.6 Å². The van der Waals surface area contributed by atoms with E-state index in [-0.39, 0.29) is 12.2 Å². The van der Waals surface area contributed by atoms with Crippen LogP contribution in [-0.4, -0.2) is 10.0 Å². The molecule has 2 heteroatoms. The van der Waals surface area contributed by atoms with Crippen LogP contribution in [0.4, 0.5) is 0 Å². The standard InChI is InChI=1S/C76H54N2/c1-10-29-53(30-11-1)65-47-28-48-66(69(65)55-33-14-3-15-34-55)62-49-63(68-52-67(54-31-12-2-13-32-54)77-76(78(68)77)61-45-26-9-27-46-61)51-64(50-62)75-73(59-41-22-7-23-42-59)71(57-37-18-5-19-38-57)70(56-35-16-4-17-36-56)72(58-39-20-6-21-40-58)74(75)60-43-24-8-25-44-60/h1-52,68,76H/t68?,76?,77?,78-/m1/s1. The number of hydrogen-bond donors (Lipinski definition) is 0. The summed E-state index contributed by atoms with van der Waals surface area (Å²) in [6.45, 7) is 0. The molecule has 2 unspecified atom stereocenters. The summed E-state index contributed by atoms with van der Waals surface area (Å²) in [6, 6.07) is 114. The summed E-state index contributed by atoms with van der Waals surface area (Å²) in [7, 11) is 0. The molecule has 2 aliphatic heterocycles. The molecule has 3 atom stereocenters. The zero-order chi connectivity index (χ0) is 51.8. The van der Waals surface area contributed by atoms with Crippen molar-refractivity contribution in [3.05, 3.63) is 332 Å². The van der Waals surface area contributed by atoms with Gasteiger partial charge in [0.05, 0.1) is 11.7 Å². The second kappa shape index (κ2) is 20.3. The van der Waals surface area contributed by atoms with Crippen molar-refractivity contribution < 1.29 is 0 Å². The lowest BCUT2D eigenvalue weighted by atomic mass is 9.73. The molecule has 12 aromatic rings. The summed E-state index contributed by atoms with van der Waals surface area (Å²) >= 11 is 0. The Hall–Kier alpha value is -9.86. The largest absolute Gasteiger partial charge is 0.279 e. The summed E-state index contributed by atoms with van der Waals surface area (Å²) in [6.07, 6.45) is 2.57. The molecule has 2 heterocycles. The molecular weight excluding hydrogens is 941 g/mol. The zero-order valence-electron chi connectivity index (χ0n) is 43.1. The highest BCUT2D eigenvalue weighted by molar-refractivity contribution is 6.15. The molecule has 368 valence electrons. The minimum atomic E-state index is -0.0901. The fraction of sp³-hybridized carbons (Fsp3) is 0.0263. The lowest BCUT2D eigenvalue weighted by Crippen LogP contribution is -2.08. The van der Waals surface area contributed by atoms with E-state index in [1.54, 1.807) is 0 Å². The molecule has 12 aromatic carbocycles. The van der Waals surface area contributed by atoms with E-state index in [0.717, 1.165) is 38.9 Å². The second-order valence-electron chi connectivity index (χ2n) is 20.3. The average Bonchev–Trinajstić information content (AvgIpc) is 3.78. The molecule has 1 fully saturated rings. The molecule has 0 bridgehead atoms. The third-order valence-electron chi connectivity index (χ3n) is 15.6. The average molecular weight is 995 g/mol. The highest BCUT2D eigenvalue weighted by Gasteiger charge is 2.56. The molecule has 14 rings (SSSR count). The topological polar surface area (TPSA) is 6.02 Å². The molecule has 0 radical (unpaired) electrons. The van der Waals surface area contributed by atoms with Crippen LogP contribution in [0.25, 0.3) is 106 Å². The predicted molar refractivity (Wildman–Crippen MR) is 325 cm³/mol. The molecule has 2 aliphatic rings. The van der Waals surface area contributed by atoms with Crippen LogP contribution in [0.3, 0.4) is 0 Å². The van der Waals surface area contributed by atoms with Crippen LogP contribution in [0.1, 0.15) is 28.9 Å². The maximum atomic E-state index is 2.58. The van der Waals surface area contributed by atoms with E-state index in [2.05, 4.69) is 325 Å². The van der Waals surface area contributed by atoms with Gasteiger partial charge in [0, 0.05) is 0 Å². The molecule has 0 aromatic heterocycles. The number of nitrogens with zero attached hydrogens (tertiary/aromatic N) is 2. The maximum absolute atomic E-state index is 2.58. The van der Waals surface area contributed by atoms with Gasteiger partial charge in [0.15, 0.2) is 0 Å². The van der Waals surface area contributed by atoms with Gasteiger partial charge in [0.1, 0.15) is 6.17 Å². The summed E-state index contributed by atoms with van der Waals surface area (Å²) in [4.78, 5) is 0. The number of rotatable bonds is 12. The molecule has 0 saturated carbocycles. The van der Waals surface area contributed by atoms with Crippen molar-refractivity contribution in [1.29, 1.82) is 0 Å². The summed E-state index contributed by atoms with van der Waals surface area (Å²) in [5.74, 6) is 0. The smallest absolute Gasteiger partial charge is 0.141 e. The van der Waals surface area contributed by atoms with Crippen molar-refractivity contribution in [3.63, 3.8) is 0 Å². The minimum Gasteiger partial charge on any atom is -0.279 e. The molecule has 78 heavy (non-hydrogen) atoms. The molecule has 0 aliphatic carbocycles. The fourth-order valence-corrected chi connectivity index (χ4v) is 12.2. The van der Waals surface area contributed by atoms with Gasteiger partial charge in [-0.15, -0.1) is 0 Å². The van der Waals surface area contributed by atoms with Crippen LogP contribution in [-0.2, 0) is 0 Å². The van der Waals surface area contributed by atoms with E-state index in [9.17, 15) is 0 Å². The third-order valence-corrected chi connectivity index (χ3v) is 15.6. The van der Waals surface area contributed by atoms with Gasteiger partial charge in [0.2, 0.25) is 0 Å². The van der Waals surface area contributed by atoms with Gasteiger partial charge in [-0.2, -0.15) is 5.01 Å². The van der Waals surface area contributed by atoms with Gasteiger partial charge in [-0.25, -0.2) is 0 Å². The molecule has 1 saturated heterocycles. The molecule has 2 nitrogen and oxygen atoms in total. The Bertz CT molecular complexity index is 3990. The van der Waals surface area contributed by atoms with E-state index < -0.39 is 0 Å². The van der Waals surface area contributed by atoms with Gasteiger partial charge in [-0.05, 0) is 141 Å². The Morgan fingerprint density at radius 3 is 0.923 bits per heavy atom. The molecular formula is C76H54N2. The van der Waals surface area contributed by atoms with Crippen molar-refractivity contribution in [2.75, 3.05) is 0 Å². The van der Waals surface area contributed by atoms with Gasteiger partial charge >= 0.3 is 0 Å². The van der Waals surface area contributed by atoms with Gasteiger partial charge in [0.25, 0.3) is 0 Å². The van der Waals surface area contributed by atoms with Gasteiger partial charge in [-0.3, -0.25) is 5.01 Å². The van der Waals surface area contributed by atoms with Crippen LogP contribution in [0, 0.1) is 0 Å². The number of hydrogen-bond acceptors (Lipinski definition) is 2. The lowest BCUT2D eigenvalue weighted by Gasteiger charge is -2.29. The number of hydrazine groups is 1. The Labute approximate surface area is 457 Å². The van der Waals surface area contributed by atoms with E-state index in [1.807, 2.05) is 0 Å².